The molecule has 2 aromatic rings. The van der Waals surface area contributed by atoms with Crippen molar-refractivity contribution in [3.05, 3.63) is 36.0 Å². The summed E-state index contributed by atoms with van der Waals surface area (Å²) in [6, 6.07) is 8.07. The highest BCUT2D eigenvalue weighted by Crippen LogP contribution is 2.45. The Morgan fingerprint density at radius 1 is 1.36 bits per heavy atom. The van der Waals surface area contributed by atoms with Gasteiger partial charge < -0.3 is 19.3 Å². The van der Waals surface area contributed by atoms with Crippen molar-refractivity contribution in [3.8, 4) is 0 Å². The number of nitrogens with zero attached hydrogens (tertiary/aromatic N) is 2. The van der Waals surface area contributed by atoms with Gasteiger partial charge in [0, 0.05) is 42.8 Å². The second-order valence-electron chi connectivity index (χ2n) is 7.43. The average molecular weight is 342 g/mol. The number of likely N-dealkylation sites (tertiary alicyclic amines) is 1. The fraction of sp³-hybridized carbons (Fsp3) is 0.550. The summed E-state index contributed by atoms with van der Waals surface area (Å²) in [4.78, 5) is 15.5. The number of piperidine rings is 1. The second kappa shape index (κ2) is 6.46. The van der Waals surface area contributed by atoms with Crippen LogP contribution in [0.2, 0.25) is 0 Å². The molecule has 1 saturated carbocycles. The fourth-order valence-electron chi connectivity index (χ4n) is 4.48. The minimum absolute atomic E-state index is 0.110. The van der Waals surface area contributed by atoms with Gasteiger partial charge in [-0.1, -0.05) is 18.2 Å². The first-order chi connectivity index (χ1) is 12.1. The Labute approximate surface area is 148 Å². The predicted octanol–water partition coefficient (Wildman–Crippen LogP) is 2.81. The molecule has 0 radical (unpaired) electrons. The van der Waals surface area contributed by atoms with Crippen molar-refractivity contribution in [1.29, 1.82) is 0 Å². The number of methoxy groups -OCH3 is 1. The van der Waals surface area contributed by atoms with E-state index in [0.29, 0.717) is 19.6 Å². The largest absolute Gasteiger partial charge is 0.393 e. The SMILES string of the molecule is COCCn1cc(C(=O)N2CCC(O)CC23CCC3)c2ccccc21. The van der Waals surface area contributed by atoms with Crippen molar-refractivity contribution >= 4 is 16.8 Å². The van der Waals surface area contributed by atoms with E-state index in [2.05, 4.69) is 10.6 Å². The molecular formula is C20H26N2O3. The summed E-state index contributed by atoms with van der Waals surface area (Å²) < 4.78 is 7.32. The number of benzene rings is 1. The number of aliphatic hydroxyl groups is 1. The lowest BCUT2D eigenvalue weighted by Gasteiger charge is -2.54. The molecule has 0 bridgehead atoms. The van der Waals surface area contributed by atoms with Crippen molar-refractivity contribution in [2.24, 2.45) is 0 Å². The van der Waals surface area contributed by atoms with Crippen molar-refractivity contribution < 1.29 is 14.6 Å². The summed E-state index contributed by atoms with van der Waals surface area (Å²) in [6.07, 6.45) is 6.27. The normalized spacial score (nSPS) is 22.3. The van der Waals surface area contributed by atoms with Crippen molar-refractivity contribution in [2.75, 3.05) is 20.3 Å². The van der Waals surface area contributed by atoms with E-state index in [1.807, 2.05) is 29.3 Å². The molecule has 2 heterocycles. The molecule has 5 nitrogen and oxygen atoms in total. The van der Waals surface area contributed by atoms with Gasteiger partial charge >= 0.3 is 0 Å². The van der Waals surface area contributed by atoms with Crippen molar-refractivity contribution in [3.63, 3.8) is 0 Å². The first kappa shape index (κ1) is 16.6. The Kier molecular flexibility index (Phi) is 4.29. The zero-order chi connectivity index (χ0) is 17.4. The van der Waals surface area contributed by atoms with Crippen LogP contribution in [-0.2, 0) is 11.3 Å². The van der Waals surface area contributed by atoms with E-state index in [1.165, 1.54) is 0 Å². The van der Waals surface area contributed by atoms with Crippen LogP contribution in [0.1, 0.15) is 42.5 Å². The van der Waals surface area contributed by atoms with E-state index < -0.39 is 0 Å². The Morgan fingerprint density at radius 3 is 2.88 bits per heavy atom. The fourth-order valence-corrected chi connectivity index (χ4v) is 4.48. The van der Waals surface area contributed by atoms with Crippen LogP contribution in [0.15, 0.2) is 30.5 Å². The maximum Gasteiger partial charge on any atom is 0.256 e. The molecule has 1 N–H and O–H groups in total. The Bertz CT molecular complexity index is 778. The van der Waals surface area contributed by atoms with Gasteiger partial charge in [0.1, 0.15) is 0 Å². The molecule has 2 fully saturated rings. The lowest BCUT2D eigenvalue weighted by atomic mass is 9.69. The maximum absolute atomic E-state index is 13.4. The standard InChI is InChI=1S/C20H26N2O3/c1-25-12-11-21-14-17(16-5-2-3-6-18(16)21)19(24)22-10-7-15(23)13-20(22)8-4-9-20/h2-3,5-6,14-15,23H,4,7-13H2,1H3. The quantitative estimate of drug-likeness (QED) is 0.929. The van der Waals surface area contributed by atoms with Gasteiger partial charge in [-0.15, -0.1) is 0 Å². The second-order valence-corrected chi connectivity index (χ2v) is 7.43. The third-order valence-corrected chi connectivity index (χ3v) is 5.96. The minimum atomic E-state index is -0.271. The summed E-state index contributed by atoms with van der Waals surface area (Å²) in [5, 5.41) is 11.1. The topological polar surface area (TPSA) is 54.7 Å². The highest BCUT2D eigenvalue weighted by Gasteiger charge is 2.48. The molecule has 1 unspecified atom stereocenters. The molecule has 1 aliphatic carbocycles. The number of amides is 1. The van der Waals surface area contributed by atoms with Crippen LogP contribution in [0.5, 0.6) is 0 Å². The molecule has 5 heteroatoms. The molecule has 1 atom stereocenters. The van der Waals surface area contributed by atoms with E-state index in [0.717, 1.165) is 48.7 Å². The molecular weight excluding hydrogens is 316 g/mol. The number of fused-ring (bicyclic) bond motifs is 1. The monoisotopic (exact) mass is 342 g/mol. The lowest BCUT2D eigenvalue weighted by Crippen LogP contribution is -2.61. The number of hydrogen-bond donors (Lipinski definition) is 1. The molecule has 1 aromatic heterocycles. The summed E-state index contributed by atoms with van der Waals surface area (Å²) in [5.41, 5.74) is 1.72. The molecule has 1 saturated heterocycles. The Balaban J connectivity index is 1.70. The molecule has 2 aliphatic rings. The molecule has 1 amide bonds. The number of carbonyl (C=O) groups excluding carboxylic acids is 1. The molecule has 1 aromatic carbocycles. The van der Waals surface area contributed by atoms with E-state index >= 15 is 0 Å². The van der Waals surface area contributed by atoms with Crippen LogP contribution in [0.25, 0.3) is 10.9 Å². The van der Waals surface area contributed by atoms with Gasteiger partial charge in [0.15, 0.2) is 0 Å². The maximum atomic E-state index is 13.4. The van der Waals surface area contributed by atoms with Crippen LogP contribution in [0.3, 0.4) is 0 Å². The first-order valence-corrected chi connectivity index (χ1v) is 9.21. The molecule has 25 heavy (non-hydrogen) atoms. The summed E-state index contributed by atoms with van der Waals surface area (Å²) in [6.45, 7) is 2.00. The number of para-hydroxylation sites is 1. The van der Waals surface area contributed by atoms with Gasteiger partial charge in [0.25, 0.3) is 5.91 Å². The van der Waals surface area contributed by atoms with Crippen LogP contribution in [-0.4, -0.2) is 52.4 Å². The van der Waals surface area contributed by atoms with Crippen LogP contribution < -0.4 is 0 Å². The van der Waals surface area contributed by atoms with Gasteiger partial charge in [0.2, 0.25) is 0 Å². The van der Waals surface area contributed by atoms with E-state index in [4.69, 9.17) is 4.74 Å². The average Bonchev–Trinajstić information content (AvgIpc) is 2.96. The van der Waals surface area contributed by atoms with E-state index in [-0.39, 0.29) is 17.6 Å². The predicted molar refractivity (Wildman–Crippen MR) is 96.7 cm³/mol. The highest BCUT2D eigenvalue weighted by molar-refractivity contribution is 6.07. The van der Waals surface area contributed by atoms with Gasteiger partial charge in [-0.3, -0.25) is 4.79 Å². The Morgan fingerprint density at radius 2 is 2.16 bits per heavy atom. The molecule has 134 valence electrons. The first-order valence-electron chi connectivity index (χ1n) is 9.21. The number of aliphatic hydroxyl groups excluding tert-OH is 1. The van der Waals surface area contributed by atoms with Crippen molar-refractivity contribution in [2.45, 2.75) is 50.3 Å². The van der Waals surface area contributed by atoms with Crippen molar-refractivity contribution in [1.82, 2.24) is 9.47 Å². The van der Waals surface area contributed by atoms with Crippen LogP contribution in [0.4, 0.5) is 0 Å². The summed E-state index contributed by atoms with van der Waals surface area (Å²) in [5.74, 6) is 0.110. The minimum Gasteiger partial charge on any atom is -0.393 e. The summed E-state index contributed by atoms with van der Waals surface area (Å²) in [7, 11) is 1.69. The van der Waals surface area contributed by atoms with Gasteiger partial charge in [-0.05, 0) is 38.2 Å². The number of aromatic nitrogens is 1. The summed E-state index contributed by atoms with van der Waals surface area (Å²) >= 11 is 0. The van der Waals surface area contributed by atoms with E-state index in [9.17, 15) is 9.90 Å². The molecule has 1 aliphatic heterocycles. The number of rotatable bonds is 4. The van der Waals surface area contributed by atoms with Gasteiger partial charge in [0.05, 0.1) is 18.3 Å². The zero-order valence-corrected chi connectivity index (χ0v) is 14.8. The smallest absolute Gasteiger partial charge is 0.256 e. The molecule has 4 rings (SSSR count). The third kappa shape index (κ3) is 2.75. The van der Waals surface area contributed by atoms with Crippen LogP contribution >= 0.6 is 0 Å². The third-order valence-electron chi connectivity index (χ3n) is 5.96. The zero-order valence-electron chi connectivity index (χ0n) is 14.8. The number of carbonyl (C=O) groups is 1. The van der Waals surface area contributed by atoms with Crippen LogP contribution in [0, 0.1) is 0 Å². The molecule has 1 spiro atoms. The lowest BCUT2D eigenvalue weighted by molar-refractivity contribution is -0.0483. The highest BCUT2D eigenvalue weighted by atomic mass is 16.5. The Hall–Kier alpha value is -1.85. The van der Waals surface area contributed by atoms with Gasteiger partial charge in [-0.2, -0.15) is 0 Å². The van der Waals surface area contributed by atoms with E-state index in [1.54, 1.807) is 7.11 Å². The number of hydrogen-bond acceptors (Lipinski definition) is 3. The number of ether oxygens (including phenoxy) is 1. The van der Waals surface area contributed by atoms with Gasteiger partial charge in [-0.25, -0.2) is 0 Å².